The molecule has 0 saturated heterocycles. The van der Waals surface area contributed by atoms with Crippen molar-refractivity contribution in [1.29, 1.82) is 0 Å². The first-order chi connectivity index (χ1) is 5.54. The smallest absolute Gasteiger partial charge is 0.425 e. The third-order valence-electron chi connectivity index (χ3n) is 1.07. The third-order valence-corrected chi connectivity index (χ3v) is 2.32. The summed E-state index contributed by atoms with van der Waals surface area (Å²) in [5.41, 5.74) is 0. The van der Waals surface area contributed by atoms with Crippen molar-refractivity contribution in [2.45, 2.75) is 13.8 Å². The first-order valence-corrected chi connectivity index (χ1v) is 5.20. The van der Waals surface area contributed by atoms with Gasteiger partial charge in [-0.3, -0.25) is 0 Å². The van der Waals surface area contributed by atoms with Gasteiger partial charge < -0.3 is 4.74 Å². The number of rotatable bonds is 3. The molecule has 0 spiro atoms. The van der Waals surface area contributed by atoms with Crippen molar-refractivity contribution < 1.29 is 17.9 Å². The molecule has 0 saturated carbocycles. The Labute approximate surface area is 72.1 Å². The Morgan fingerprint density at radius 1 is 1.50 bits per heavy atom. The van der Waals surface area contributed by atoms with Crippen molar-refractivity contribution >= 4 is 15.1 Å². The van der Waals surface area contributed by atoms with Gasteiger partial charge in [0.2, 0.25) is 0 Å². The maximum atomic E-state index is 11.0. The Kier molecular flexibility index (Phi) is 4.58. The molecule has 0 fully saturated rings. The lowest BCUT2D eigenvalue weighted by Gasteiger charge is -1.99. The lowest BCUT2D eigenvalue weighted by molar-refractivity contribution is 0.178. The number of allylic oxidation sites excluding steroid dienone is 1. The van der Waals surface area contributed by atoms with Gasteiger partial charge in [0.15, 0.2) is 0 Å². The number of ether oxygens (including phenoxy) is 1. The van der Waals surface area contributed by atoms with Gasteiger partial charge in [0.05, 0.1) is 12.4 Å². The second-order valence-corrected chi connectivity index (χ2v) is 3.93. The maximum Gasteiger partial charge on any atom is 0.425 e. The van der Waals surface area contributed by atoms with Crippen molar-refractivity contribution in [3.05, 3.63) is 12.2 Å². The molecule has 4 nitrogen and oxygen atoms in total. The van der Waals surface area contributed by atoms with Crippen LogP contribution < -0.4 is 0 Å². The molecule has 12 heavy (non-hydrogen) atoms. The van der Waals surface area contributed by atoms with Crippen LogP contribution in [0.3, 0.4) is 0 Å². The quantitative estimate of drug-likeness (QED) is 0.497. The van der Waals surface area contributed by atoms with Gasteiger partial charge in [-0.05, 0) is 13.8 Å². The molecular weight excluding hydrogens is 180 g/mol. The minimum atomic E-state index is -3.73. The SMILES string of the molecule is C/C=C/CS(=O)(=O)C(=O)OCC. The van der Waals surface area contributed by atoms with E-state index in [1.807, 2.05) is 0 Å². The molecule has 0 aliphatic carbocycles. The van der Waals surface area contributed by atoms with Gasteiger partial charge in [0.1, 0.15) is 0 Å². The highest BCUT2D eigenvalue weighted by Gasteiger charge is 2.21. The summed E-state index contributed by atoms with van der Waals surface area (Å²) in [5, 5.41) is -1.15. The van der Waals surface area contributed by atoms with Gasteiger partial charge in [-0.25, -0.2) is 13.2 Å². The van der Waals surface area contributed by atoms with Crippen molar-refractivity contribution in [3.63, 3.8) is 0 Å². The summed E-state index contributed by atoms with van der Waals surface area (Å²) in [5.74, 6) is -0.289. The Morgan fingerprint density at radius 3 is 2.50 bits per heavy atom. The fourth-order valence-corrected chi connectivity index (χ4v) is 1.38. The molecule has 0 aromatic heterocycles. The van der Waals surface area contributed by atoms with E-state index in [0.29, 0.717) is 0 Å². The fraction of sp³-hybridized carbons (Fsp3) is 0.571. The summed E-state index contributed by atoms with van der Waals surface area (Å²) >= 11 is 0. The van der Waals surface area contributed by atoms with Crippen LogP contribution >= 0.6 is 0 Å². The van der Waals surface area contributed by atoms with Crippen LogP contribution in [0.15, 0.2) is 12.2 Å². The molecule has 0 rings (SSSR count). The fourth-order valence-electron chi connectivity index (χ4n) is 0.499. The molecule has 0 aromatic carbocycles. The lowest BCUT2D eigenvalue weighted by atomic mass is 10.6. The summed E-state index contributed by atoms with van der Waals surface area (Å²) in [7, 11) is -3.73. The van der Waals surface area contributed by atoms with Crippen molar-refractivity contribution in [1.82, 2.24) is 0 Å². The molecule has 0 radical (unpaired) electrons. The largest absolute Gasteiger partial charge is 0.454 e. The minimum absolute atomic E-state index is 0.0773. The van der Waals surface area contributed by atoms with Crippen LogP contribution in [0.25, 0.3) is 0 Å². The van der Waals surface area contributed by atoms with Crippen molar-refractivity contribution in [3.8, 4) is 0 Å². The molecule has 0 aliphatic heterocycles. The van der Waals surface area contributed by atoms with E-state index in [2.05, 4.69) is 4.74 Å². The highest BCUT2D eigenvalue weighted by atomic mass is 32.2. The number of sulfone groups is 1. The van der Waals surface area contributed by atoms with Crippen LogP contribution in [0.2, 0.25) is 0 Å². The molecule has 0 amide bonds. The van der Waals surface area contributed by atoms with E-state index in [9.17, 15) is 13.2 Å². The molecule has 0 aliphatic rings. The number of hydrogen-bond donors (Lipinski definition) is 0. The van der Waals surface area contributed by atoms with E-state index < -0.39 is 15.1 Å². The minimum Gasteiger partial charge on any atom is -0.454 e. The Bertz CT molecular complexity index is 263. The molecule has 0 bridgehead atoms. The lowest BCUT2D eigenvalue weighted by Crippen LogP contribution is -2.18. The molecule has 0 aromatic rings. The Morgan fingerprint density at radius 2 is 2.08 bits per heavy atom. The predicted molar refractivity (Wildman–Crippen MR) is 45.6 cm³/mol. The van der Waals surface area contributed by atoms with Crippen molar-refractivity contribution in [2.24, 2.45) is 0 Å². The standard InChI is InChI=1S/C7H12O4S/c1-3-5-6-12(9,10)7(8)11-4-2/h3,5H,4,6H2,1-2H3/b5-3+. The van der Waals surface area contributed by atoms with Gasteiger partial charge in [-0.1, -0.05) is 12.2 Å². The molecule has 70 valence electrons. The average Bonchev–Trinajstić information content (AvgIpc) is 2.01. The van der Waals surface area contributed by atoms with Crippen LogP contribution in [0.5, 0.6) is 0 Å². The first-order valence-electron chi connectivity index (χ1n) is 3.55. The Hall–Kier alpha value is -0.840. The molecule has 0 atom stereocenters. The van der Waals surface area contributed by atoms with Crippen molar-refractivity contribution in [2.75, 3.05) is 12.4 Å². The normalized spacial score (nSPS) is 11.8. The van der Waals surface area contributed by atoms with Gasteiger partial charge in [-0.2, -0.15) is 0 Å². The van der Waals surface area contributed by atoms with E-state index in [0.717, 1.165) is 0 Å². The predicted octanol–water partition coefficient (Wildman–Crippen LogP) is 1.13. The van der Waals surface area contributed by atoms with Crippen LogP contribution in [0.1, 0.15) is 13.8 Å². The van der Waals surface area contributed by atoms with Gasteiger partial charge in [-0.15, -0.1) is 0 Å². The van der Waals surface area contributed by atoms with E-state index in [1.54, 1.807) is 19.9 Å². The number of carbonyl (C=O) groups is 1. The maximum absolute atomic E-state index is 11.0. The summed E-state index contributed by atoms with van der Waals surface area (Å²) in [4.78, 5) is 10.7. The van der Waals surface area contributed by atoms with Crippen LogP contribution in [0.4, 0.5) is 4.79 Å². The van der Waals surface area contributed by atoms with E-state index in [4.69, 9.17) is 0 Å². The molecule has 0 N–H and O–H groups in total. The average molecular weight is 192 g/mol. The van der Waals surface area contributed by atoms with Gasteiger partial charge in [0.25, 0.3) is 9.84 Å². The third kappa shape index (κ3) is 3.52. The molecule has 0 unspecified atom stereocenters. The van der Waals surface area contributed by atoms with Crippen LogP contribution in [-0.4, -0.2) is 26.1 Å². The van der Waals surface area contributed by atoms with Gasteiger partial charge >= 0.3 is 5.30 Å². The summed E-state index contributed by atoms with van der Waals surface area (Å²) in [6.45, 7) is 3.32. The second-order valence-electron chi connectivity index (χ2n) is 2.03. The molecular formula is C7H12O4S. The van der Waals surface area contributed by atoms with E-state index in [-0.39, 0.29) is 12.4 Å². The number of carbonyl (C=O) groups excluding carboxylic acids is 1. The van der Waals surface area contributed by atoms with E-state index in [1.165, 1.54) is 6.08 Å². The highest BCUT2D eigenvalue weighted by molar-refractivity contribution is 8.05. The van der Waals surface area contributed by atoms with E-state index >= 15 is 0 Å². The summed E-state index contributed by atoms with van der Waals surface area (Å²) in [6, 6.07) is 0. The molecule has 0 heterocycles. The zero-order valence-electron chi connectivity index (χ0n) is 7.11. The topological polar surface area (TPSA) is 60.4 Å². The number of hydrogen-bond acceptors (Lipinski definition) is 4. The first kappa shape index (κ1) is 11.2. The van der Waals surface area contributed by atoms with Crippen LogP contribution in [0, 0.1) is 0 Å². The van der Waals surface area contributed by atoms with Gasteiger partial charge in [0, 0.05) is 0 Å². The summed E-state index contributed by atoms with van der Waals surface area (Å²) < 4.78 is 26.3. The highest BCUT2D eigenvalue weighted by Crippen LogP contribution is 1.97. The van der Waals surface area contributed by atoms with Crippen LogP contribution in [-0.2, 0) is 14.6 Å². The second kappa shape index (κ2) is 4.92. The molecule has 5 heteroatoms. The zero-order valence-corrected chi connectivity index (χ0v) is 7.93. The zero-order chi connectivity index (χ0) is 9.61. The summed E-state index contributed by atoms with van der Waals surface area (Å²) in [6.07, 6.45) is 2.96. The Balaban J connectivity index is 4.31. The monoisotopic (exact) mass is 192 g/mol.